The van der Waals surface area contributed by atoms with E-state index < -0.39 is 0 Å². The molecule has 1 saturated carbocycles. The number of piperazine rings is 1. The Balaban J connectivity index is 1.28. The summed E-state index contributed by atoms with van der Waals surface area (Å²) in [5.74, 6) is -0.216. The van der Waals surface area contributed by atoms with Crippen molar-refractivity contribution in [3.8, 4) is 0 Å². The molecule has 0 spiro atoms. The Morgan fingerprint density at radius 3 is 2.48 bits per heavy atom. The zero-order valence-electron chi connectivity index (χ0n) is 14.8. The van der Waals surface area contributed by atoms with Gasteiger partial charge in [-0.3, -0.25) is 9.69 Å². The third-order valence-corrected chi connectivity index (χ3v) is 5.07. The molecule has 0 unspecified atom stereocenters. The van der Waals surface area contributed by atoms with Crippen LogP contribution in [-0.4, -0.2) is 62.8 Å². The molecule has 0 radical (unpaired) electrons. The molecular weight excluding hydrogens is 321 g/mol. The highest BCUT2D eigenvalue weighted by Gasteiger charge is 2.18. The molecule has 25 heavy (non-hydrogen) atoms. The summed E-state index contributed by atoms with van der Waals surface area (Å²) in [5, 5.41) is 2.94. The lowest BCUT2D eigenvalue weighted by Gasteiger charge is -2.36. The smallest absolute Gasteiger partial charge is 0.246 e. The largest absolute Gasteiger partial charge is 0.369 e. The van der Waals surface area contributed by atoms with Crippen LogP contribution in [0.15, 0.2) is 24.3 Å². The predicted octanol–water partition coefficient (Wildman–Crippen LogP) is 2.02. The maximum Gasteiger partial charge on any atom is 0.246 e. The number of hydrogen-bond acceptors (Lipinski definition) is 4. The van der Waals surface area contributed by atoms with Crippen molar-refractivity contribution in [3.05, 3.63) is 30.1 Å². The van der Waals surface area contributed by atoms with E-state index in [0.29, 0.717) is 6.54 Å². The number of anilines is 1. The molecule has 1 aromatic rings. The monoisotopic (exact) mass is 349 g/mol. The van der Waals surface area contributed by atoms with E-state index in [1.54, 1.807) is 0 Å². The SMILES string of the molecule is O=C(COC1CCCC1)NCCN1CCN(c2ccc(F)cc2)CC1. The van der Waals surface area contributed by atoms with E-state index in [4.69, 9.17) is 4.74 Å². The molecular formula is C19H28FN3O2. The van der Waals surface area contributed by atoms with Crippen LogP contribution in [0.5, 0.6) is 0 Å². The summed E-state index contributed by atoms with van der Waals surface area (Å²) >= 11 is 0. The minimum Gasteiger partial charge on any atom is -0.369 e. The van der Waals surface area contributed by atoms with Crippen LogP contribution in [0.2, 0.25) is 0 Å². The van der Waals surface area contributed by atoms with Crippen LogP contribution in [0.3, 0.4) is 0 Å². The molecule has 0 atom stereocenters. The van der Waals surface area contributed by atoms with Crippen molar-refractivity contribution in [3.63, 3.8) is 0 Å². The third kappa shape index (κ3) is 5.68. The van der Waals surface area contributed by atoms with Gasteiger partial charge in [-0.15, -0.1) is 0 Å². The van der Waals surface area contributed by atoms with Gasteiger partial charge in [-0.05, 0) is 37.1 Å². The number of hydrogen-bond donors (Lipinski definition) is 1. The van der Waals surface area contributed by atoms with Gasteiger partial charge in [-0.1, -0.05) is 12.8 Å². The lowest BCUT2D eigenvalue weighted by atomic mass is 10.2. The first-order valence-electron chi connectivity index (χ1n) is 9.32. The maximum absolute atomic E-state index is 13.0. The predicted molar refractivity (Wildman–Crippen MR) is 96.3 cm³/mol. The van der Waals surface area contributed by atoms with Gasteiger partial charge >= 0.3 is 0 Å². The molecule has 138 valence electrons. The van der Waals surface area contributed by atoms with E-state index in [9.17, 15) is 9.18 Å². The molecule has 1 N–H and O–H groups in total. The molecule has 2 aliphatic rings. The molecule has 1 aliphatic carbocycles. The number of ether oxygens (including phenoxy) is 1. The van der Waals surface area contributed by atoms with Crippen molar-refractivity contribution in [1.29, 1.82) is 0 Å². The summed E-state index contributed by atoms with van der Waals surface area (Å²) in [6.07, 6.45) is 4.90. The van der Waals surface area contributed by atoms with Gasteiger partial charge in [-0.2, -0.15) is 0 Å². The Kier molecular flexibility index (Phi) is 6.64. The zero-order chi connectivity index (χ0) is 17.5. The molecule has 1 amide bonds. The first kappa shape index (κ1) is 18.1. The van der Waals surface area contributed by atoms with E-state index in [1.165, 1.54) is 25.0 Å². The Morgan fingerprint density at radius 1 is 1.12 bits per heavy atom. The van der Waals surface area contributed by atoms with Crippen LogP contribution in [-0.2, 0) is 9.53 Å². The number of rotatable bonds is 7. The number of halogens is 1. The number of nitrogens with zero attached hydrogens (tertiary/aromatic N) is 2. The Bertz CT molecular complexity index is 538. The van der Waals surface area contributed by atoms with Crippen LogP contribution in [0, 0.1) is 5.82 Å². The number of amides is 1. The number of benzene rings is 1. The zero-order valence-corrected chi connectivity index (χ0v) is 14.8. The van der Waals surface area contributed by atoms with Gasteiger partial charge in [0.2, 0.25) is 5.91 Å². The van der Waals surface area contributed by atoms with Crippen molar-refractivity contribution in [2.45, 2.75) is 31.8 Å². The van der Waals surface area contributed by atoms with E-state index in [-0.39, 0.29) is 24.4 Å². The van der Waals surface area contributed by atoms with Gasteiger partial charge < -0.3 is 15.0 Å². The average molecular weight is 349 g/mol. The lowest BCUT2D eigenvalue weighted by Crippen LogP contribution is -2.48. The van der Waals surface area contributed by atoms with Crippen LogP contribution in [0.25, 0.3) is 0 Å². The summed E-state index contributed by atoms with van der Waals surface area (Å²) < 4.78 is 18.6. The average Bonchev–Trinajstić information content (AvgIpc) is 3.15. The van der Waals surface area contributed by atoms with Crippen LogP contribution in [0.1, 0.15) is 25.7 Å². The Hall–Kier alpha value is -1.66. The first-order chi connectivity index (χ1) is 12.2. The summed E-state index contributed by atoms with van der Waals surface area (Å²) in [4.78, 5) is 16.4. The Labute approximate surface area is 149 Å². The second kappa shape index (κ2) is 9.15. The van der Waals surface area contributed by atoms with E-state index >= 15 is 0 Å². The maximum atomic E-state index is 13.0. The summed E-state index contributed by atoms with van der Waals surface area (Å²) in [7, 11) is 0. The molecule has 6 heteroatoms. The van der Waals surface area contributed by atoms with E-state index in [1.807, 2.05) is 12.1 Å². The van der Waals surface area contributed by atoms with Gasteiger partial charge in [-0.25, -0.2) is 4.39 Å². The van der Waals surface area contributed by atoms with Gasteiger partial charge in [0.1, 0.15) is 12.4 Å². The first-order valence-corrected chi connectivity index (χ1v) is 9.32. The molecule has 0 aromatic heterocycles. The molecule has 1 aromatic carbocycles. The van der Waals surface area contributed by atoms with Gasteiger partial charge in [0.05, 0.1) is 6.10 Å². The van der Waals surface area contributed by atoms with Crippen LogP contribution >= 0.6 is 0 Å². The molecule has 1 aliphatic heterocycles. The van der Waals surface area contributed by atoms with Crippen molar-refractivity contribution in [2.75, 3.05) is 50.8 Å². The summed E-state index contributed by atoms with van der Waals surface area (Å²) in [5.41, 5.74) is 1.07. The fourth-order valence-electron chi connectivity index (χ4n) is 3.53. The molecule has 1 saturated heterocycles. The molecule has 3 rings (SSSR count). The minimum absolute atomic E-state index is 0.0168. The number of nitrogens with one attached hydrogen (secondary N) is 1. The third-order valence-electron chi connectivity index (χ3n) is 5.07. The fourth-order valence-corrected chi connectivity index (χ4v) is 3.53. The molecule has 1 heterocycles. The van der Waals surface area contributed by atoms with Gasteiger partial charge in [0, 0.05) is 45.0 Å². The minimum atomic E-state index is -0.199. The van der Waals surface area contributed by atoms with E-state index in [0.717, 1.165) is 51.3 Å². The highest BCUT2D eigenvalue weighted by molar-refractivity contribution is 5.77. The summed E-state index contributed by atoms with van der Waals surface area (Å²) in [6.45, 7) is 5.44. The second-order valence-electron chi connectivity index (χ2n) is 6.87. The lowest BCUT2D eigenvalue weighted by molar-refractivity contribution is -0.127. The van der Waals surface area contributed by atoms with Crippen molar-refractivity contribution in [2.24, 2.45) is 0 Å². The summed E-state index contributed by atoms with van der Waals surface area (Å²) in [6, 6.07) is 6.67. The Morgan fingerprint density at radius 2 is 1.80 bits per heavy atom. The quantitative estimate of drug-likeness (QED) is 0.818. The van der Waals surface area contributed by atoms with Crippen LogP contribution < -0.4 is 10.2 Å². The van der Waals surface area contributed by atoms with Crippen molar-refractivity contribution >= 4 is 11.6 Å². The second-order valence-corrected chi connectivity index (χ2v) is 6.87. The molecule has 0 bridgehead atoms. The normalized spacial score (nSPS) is 19.3. The standard InChI is InChI=1S/C19H28FN3O2/c20-16-5-7-17(8-6-16)23-13-11-22(12-14-23)10-9-21-19(24)15-25-18-3-1-2-4-18/h5-8,18H,1-4,9-15H2,(H,21,24). The van der Waals surface area contributed by atoms with Gasteiger partial charge in [0.15, 0.2) is 0 Å². The highest BCUT2D eigenvalue weighted by Crippen LogP contribution is 2.20. The molecule has 5 nitrogen and oxygen atoms in total. The van der Waals surface area contributed by atoms with Gasteiger partial charge in [0.25, 0.3) is 0 Å². The topological polar surface area (TPSA) is 44.8 Å². The number of carbonyl (C=O) groups excluding carboxylic acids is 1. The van der Waals surface area contributed by atoms with E-state index in [2.05, 4.69) is 15.1 Å². The van der Waals surface area contributed by atoms with Crippen molar-refractivity contribution in [1.82, 2.24) is 10.2 Å². The molecule has 2 fully saturated rings. The fraction of sp³-hybridized carbons (Fsp3) is 0.632. The van der Waals surface area contributed by atoms with Crippen LogP contribution in [0.4, 0.5) is 10.1 Å². The number of carbonyl (C=O) groups is 1. The van der Waals surface area contributed by atoms with Crippen molar-refractivity contribution < 1.29 is 13.9 Å². The highest BCUT2D eigenvalue weighted by atomic mass is 19.1.